The molecule has 1 saturated carbocycles. The highest BCUT2D eigenvalue weighted by Crippen LogP contribution is 2.42. The Hall–Kier alpha value is -1.73. The van der Waals surface area contributed by atoms with Crippen molar-refractivity contribution in [2.45, 2.75) is 44.9 Å². The van der Waals surface area contributed by atoms with Crippen molar-refractivity contribution in [3.63, 3.8) is 0 Å². The van der Waals surface area contributed by atoms with Crippen molar-refractivity contribution < 1.29 is 28.0 Å². The highest BCUT2D eigenvalue weighted by molar-refractivity contribution is 6.58. The van der Waals surface area contributed by atoms with Crippen molar-refractivity contribution in [2.75, 3.05) is 0 Å². The summed E-state index contributed by atoms with van der Waals surface area (Å²) in [4.78, 5) is 0. The molecule has 0 radical (unpaired) electrons. The van der Waals surface area contributed by atoms with Crippen molar-refractivity contribution in [1.82, 2.24) is 0 Å². The monoisotopic (exact) mass is 352 g/mol. The molecule has 2 aromatic rings. The summed E-state index contributed by atoms with van der Waals surface area (Å²) in [7, 11) is -1.72. The normalized spacial score (nSPS) is 21.4. The molecule has 0 saturated heterocycles. The van der Waals surface area contributed by atoms with Crippen LogP contribution in [0.4, 0.5) is 13.2 Å². The number of ether oxygens (including phenoxy) is 1. The minimum atomic E-state index is -4.56. The fraction of sp³-hybridized carbons (Fsp3) is 0.444. The van der Waals surface area contributed by atoms with Crippen molar-refractivity contribution in [3.8, 4) is 5.75 Å². The molecule has 3 rings (SSSR count). The van der Waals surface area contributed by atoms with Crippen LogP contribution in [0.15, 0.2) is 30.3 Å². The SMILES string of the molecule is C[C@H]1CC[C@@H](Oc2ccc3cc(B(O)O)ccc3c2C(F)(F)F)CC1. The van der Waals surface area contributed by atoms with Crippen LogP contribution in [0.3, 0.4) is 0 Å². The van der Waals surface area contributed by atoms with Gasteiger partial charge in [0.15, 0.2) is 0 Å². The third kappa shape index (κ3) is 3.93. The van der Waals surface area contributed by atoms with Gasteiger partial charge in [0, 0.05) is 0 Å². The molecule has 0 spiro atoms. The zero-order chi connectivity index (χ0) is 18.2. The molecule has 0 unspecified atom stereocenters. The fourth-order valence-corrected chi connectivity index (χ4v) is 3.41. The topological polar surface area (TPSA) is 49.7 Å². The lowest BCUT2D eigenvalue weighted by atomic mass is 9.79. The highest BCUT2D eigenvalue weighted by Gasteiger charge is 2.37. The molecule has 0 amide bonds. The van der Waals surface area contributed by atoms with E-state index in [1.54, 1.807) is 0 Å². The van der Waals surface area contributed by atoms with Gasteiger partial charge >= 0.3 is 13.3 Å². The smallest absolute Gasteiger partial charge is 0.488 e. The molecular formula is C18H20BF3O3. The van der Waals surface area contributed by atoms with Gasteiger partial charge in [0.2, 0.25) is 0 Å². The van der Waals surface area contributed by atoms with Gasteiger partial charge in [0.05, 0.1) is 6.10 Å². The number of benzene rings is 2. The molecular weight excluding hydrogens is 332 g/mol. The molecule has 7 heteroatoms. The first-order valence-corrected chi connectivity index (χ1v) is 8.42. The summed E-state index contributed by atoms with van der Waals surface area (Å²) in [5.41, 5.74) is -0.654. The first-order valence-electron chi connectivity index (χ1n) is 8.42. The summed E-state index contributed by atoms with van der Waals surface area (Å²) in [6.45, 7) is 2.14. The van der Waals surface area contributed by atoms with Gasteiger partial charge in [0.25, 0.3) is 0 Å². The highest BCUT2D eigenvalue weighted by atomic mass is 19.4. The van der Waals surface area contributed by atoms with E-state index in [9.17, 15) is 23.2 Å². The molecule has 134 valence electrons. The second-order valence-electron chi connectivity index (χ2n) is 6.79. The van der Waals surface area contributed by atoms with Gasteiger partial charge in [-0.3, -0.25) is 0 Å². The van der Waals surface area contributed by atoms with Crippen LogP contribution in [0.1, 0.15) is 38.2 Å². The third-order valence-corrected chi connectivity index (χ3v) is 4.84. The Morgan fingerprint density at radius 3 is 2.32 bits per heavy atom. The molecule has 0 heterocycles. The third-order valence-electron chi connectivity index (χ3n) is 4.84. The van der Waals surface area contributed by atoms with Crippen molar-refractivity contribution in [1.29, 1.82) is 0 Å². The zero-order valence-electron chi connectivity index (χ0n) is 13.9. The van der Waals surface area contributed by atoms with Crippen LogP contribution in [-0.4, -0.2) is 23.3 Å². The van der Waals surface area contributed by atoms with Gasteiger partial charge in [0.1, 0.15) is 11.3 Å². The molecule has 1 aliphatic rings. The van der Waals surface area contributed by atoms with Crippen molar-refractivity contribution in [2.24, 2.45) is 5.92 Å². The minimum absolute atomic E-state index is 0.00132. The van der Waals surface area contributed by atoms with E-state index >= 15 is 0 Å². The van der Waals surface area contributed by atoms with Gasteiger partial charge in [-0.05, 0) is 53.9 Å². The minimum Gasteiger partial charge on any atom is -0.490 e. The summed E-state index contributed by atoms with van der Waals surface area (Å²) in [5.74, 6) is 0.429. The van der Waals surface area contributed by atoms with E-state index in [2.05, 4.69) is 6.92 Å². The van der Waals surface area contributed by atoms with E-state index in [0.29, 0.717) is 11.3 Å². The molecule has 2 aromatic carbocycles. The molecule has 0 atom stereocenters. The second kappa shape index (κ2) is 6.88. The number of rotatable bonds is 3. The van der Waals surface area contributed by atoms with E-state index in [1.165, 1.54) is 30.3 Å². The molecule has 0 bridgehead atoms. The lowest BCUT2D eigenvalue weighted by Crippen LogP contribution is -2.29. The largest absolute Gasteiger partial charge is 0.490 e. The van der Waals surface area contributed by atoms with Crippen LogP contribution in [0.2, 0.25) is 0 Å². The molecule has 3 nitrogen and oxygen atoms in total. The summed E-state index contributed by atoms with van der Waals surface area (Å²) in [6.07, 6.45) is -1.34. The lowest BCUT2D eigenvalue weighted by molar-refractivity contribution is -0.138. The molecule has 25 heavy (non-hydrogen) atoms. The molecule has 0 aliphatic heterocycles. The number of fused-ring (bicyclic) bond motifs is 1. The summed E-state index contributed by atoms with van der Waals surface area (Å²) < 4.78 is 46.8. The van der Waals surface area contributed by atoms with Gasteiger partial charge in [-0.2, -0.15) is 13.2 Å². The van der Waals surface area contributed by atoms with E-state index in [4.69, 9.17) is 4.74 Å². The Bertz CT molecular complexity index is 753. The number of hydrogen-bond donors (Lipinski definition) is 2. The molecule has 1 aliphatic carbocycles. The number of hydrogen-bond acceptors (Lipinski definition) is 3. The molecule has 1 fully saturated rings. The maximum absolute atomic E-state index is 13.7. The average Bonchev–Trinajstić information content (AvgIpc) is 2.55. The van der Waals surface area contributed by atoms with Crippen LogP contribution in [-0.2, 0) is 6.18 Å². The summed E-state index contributed by atoms with van der Waals surface area (Å²) >= 11 is 0. The lowest BCUT2D eigenvalue weighted by Gasteiger charge is -2.28. The Kier molecular flexibility index (Phi) is 4.98. The predicted octanol–water partition coefficient (Wildman–Crippen LogP) is 3.50. The summed E-state index contributed by atoms with van der Waals surface area (Å²) in [6, 6.07) is 6.76. The van der Waals surface area contributed by atoms with Crippen LogP contribution in [0, 0.1) is 5.92 Å². The van der Waals surface area contributed by atoms with Gasteiger partial charge in [-0.25, -0.2) is 0 Å². The van der Waals surface area contributed by atoms with Crippen LogP contribution < -0.4 is 10.2 Å². The van der Waals surface area contributed by atoms with E-state index in [1.807, 2.05) is 0 Å². The molecule has 2 N–H and O–H groups in total. The Morgan fingerprint density at radius 1 is 1.04 bits per heavy atom. The van der Waals surface area contributed by atoms with Crippen LogP contribution in [0.5, 0.6) is 5.75 Å². The van der Waals surface area contributed by atoms with Crippen molar-refractivity contribution in [3.05, 3.63) is 35.9 Å². The number of alkyl halides is 3. The maximum Gasteiger partial charge on any atom is 0.488 e. The Balaban J connectivity index is 2.01. The predicted molar refractivity (Wildman–Crippen MR) is 90.8 cm³/mol. The van der Waals surface area contributed by atoms with E-state index < -0.39 is 18.9 Å². The standard InChI is InChI=1S/C18H20BF3O3/c1-11-2-6-14(7-3-11)25-16-9-4-12-10-13(19(23)24)5-8-15(12)17(16)18(20,21)22/h4-5,8-11,14,23-24H,2-3,6-7H2,1H3/t11-,14+. The van der Waals surface area contributed by atoms with E-state index in [0.717, 1.165) is 25.7 Å². The fourth-order valence-electron chi connectivity index (χ4n) is 3.41. The Morgan fingerprint density at radius 2 is 1.72 bits per heavy atom. The van der Waals surface area contributed by atoms with Crippen LogP contribution in [0.25, 0.3) is 10.8 Å². The van der Waals surface area contributed by atoms with Gasteiger partial charge in [-0.1, -0.05) is 31.2 Å². The maximum atomic E-state index is 13.7. The first kappa shape index (κ1) is 18.1. The first-order chi connectivity index (χ1) is 11.8. The second-order valence-corrected chi connectivity index (χ2v) is 6.79. The Labute approximate surface area is 144 Å². The van der Waals surface area contributed by atoms with E-state index in [-0.39, 0.29) is 22.7 Å². The molecule has 0 aromatic heterocycles. The quantitative estimate of drug-likeness (QED) is 0.832. The van der Waals surface area contributed by atoms with Crippen LogP contribution >= 0.6 is 0 Å². The number of halogens is 3. The zero-order valence-corrected chi connectivity index (χ0v) is 13.9. The van der Waals surface area contributed by atoms with Crippen molar-refractivity contribution >= 4 is 23.4 Å². The van der Waals surface area contributed by atoms with Gasteiger partial charge in [-0.15, -0.1) is 0 Å². The van der Waals surface area contributed by atoms with Gasteiger partial charge < -0.3 is 14.8 Å². The average molecular weight is 352 g/mol. The summed E-state index contributed by atoms with van der Waals surface area (Å²) in [5, 5.41) is 18.7.